The quantitative estimate of drug-likeness (QED) is 0.842. The molecule has 0 amide bonds. The van der Waals surface area contributed by atoms with Crippen LogP contribution in [-0.2, 0) is 11.2 Å². The van der Waals surface area contributed by atoms with Crippen molar-refractivity contribution in [2.75, 3.05) is 0 Å². The van der Waals surface area contributed by atoms with Crippen LogP contribution < -0.4 is 0 Å². The van der Waals surface area contributed by atoms with E-state index < -0.39 is 12.1 Å². The smallest absolute Gasteiger partial charge is 0.332 e. The van der Waals surface area contributed by atoms with Crippen molar-refractivity contribution in [3.8, 4) is 0 Å². The highest BCUT2D eigenvalue weighted by Crippen LogP contribution is 2.26. The Balaban J connectivity index is 2.87. The third-order valence-corrected chi connectivity index (χ3v) is 2.59. The first-order chi connectivity index (χ1) is 6.52. The highest BCUT2D eigenvalue weighted by Gasteiger charge is 2.16. The van der Waals surface area contributed by atoms with Gasteiger partial charge in [0.15, 0.2) is 6.10 Å². The second kappa shape index (κ2) is 4.64. The molecule has 2 N–H and O–H groups in total. The molecular formula is C9H8Cl2O3. The molecule has 0 aliphatic heterocycles. The summed E-state index contributed by atoms with van der Waals surface area (Å²) in [5.41, 5.74) is 0.522. The molecule has 5 heteroatoms. The number of carboxylic acid groups (broad SMARTS) is 1. The molecular weight excluding hydrogens is 227 g/mol. The van der Waals surface area contributed by atoms with E-state index in [1.54, 1.807) is 18.2 Å². The van der Waals surface area contributed by atoms with Crippen molar-refractivity contribution >= 4 is 29.2 Å². The molecule has 14 heavy (non-hydrogen) atoms. The molecule has 0 saturated carbocycles. The Kier molecular flexibility index (Phi) is 3.75. The van der Waals surface area contributed by atoms with Crippen molar-refractivity contribution in [3.63, 3.8) is 0 Å². The summed E-state index contributed by atoms with van der Waals surface area (Å²) in [6.45, 7) is 0. The monoisotopic (exact) mass is 234 g/mol. The Morgan fingerprint density at radius 1 is 1.43 bits per heavy atom. The van der Waals surface area contributed by atoms with Crippen molar-refractivity contribution in [2.45, 2.75) is 12.5 Å². The lowest BCUT2D eigenvalue weighted by Gasteiger charge is -2.07. The highest BCUT2D eigenvalue weighted by molar-refractivity contribution is 6.42. The van der Waals surface area contributed by atoms with E-state index in [-0.39, 0.29) is 11.4 Å². The van der Waals surface area contributed by atoms with E-state index in [1.807, 2.05) is 0 Å². The minimum absolute atomic E-state index is 0.0469. The van der Waals surface area contributed by atoms with Crippen LogP contribution >= 0.6 is 23.2 Å². The Labute approximate surface area is 90.9 Å². The van der Waals surface area contributed by atoms with Gasteiger partial charge in [-0.05, 0) is 11.6 Å². The fourth-order valence-electron chi connectivity index (χ4n) is 1.00. The van der Waals surface area contributed by atoms with Crippen molar-refractivity contribution < 1.29 is 15.0 Å². The summed E-state index contributed by atoms with van der Waals surface area (Å²) in [6, 6.07) is 4.87. The van der Waals surface area contributed by atoms with Crippen LogP contribution in [0.25, 0.3) is 0 Å². The highest BCUT2D eigenvalue weighted by atomic mass is 35.5. The van der Waals surface area contributed by atoms with Crippen LogP contribution in [-0.4, -0.2) is 22.3 Å². The zero-order valence-electron chi connectivity index (χ0n) is 7.08. The van der Waals surface area contributed by atoms with E-state index in [2.05, 4.69) is 0 Å². The van der Waals surface area contributed by atoms with Gasteiger partial charge >= 0.3 is 5.97 Å². The van der Waals surface area contributed by atoms with Crippen molar-refractivity contribution in [2.24, 2.45) is 0 Å². The molecule has 0 spiro atoms. The summed E-state index contributed by atoms with van der Waals surface area (Å²) in [6.07, 6.45) is -1.50. The number of carboxylic acids is 1. The molecule has 1 atom stereocenters. The number of aliphatic hydroxyl groups is 1. The summed E-state index contributed by atoms with van der Waals surface area (Å²) in [5, 5.41) is 18.2. The van der Waals surface area contributed by atoms with E-state index in [4.69, 9.17) is 33.4 Å². The summed E-state index contributed by atoms with van der Waals surface area (Å²) >= 11 is 11.5. The molecule has 1 unspecified atom stereocenters. The van der Waals surface area contributed by atoms with Gasteiger partial charge in [0, 0.05) is 6.42 Å². The van der Waals surface area contributed by atoms with Crippen LogP contribution in [0.4, 0.5) is 0 Å². The zero-order chi connectivity index (χ0) is 10.7. The number of aliphatic carboxylic acids is 1. The van der Waals surface area contributed by atoms with Crippen molar-refractivity contribution in [3.05, 3.63) is 33.8 Å². The van der Waals surface area contributed by atoms with E-state index in [0.29, 0.717) is 10.6 Å². The first-order valence-corrected chi connectivity index (χ1v) is 4.61. The molecule has 1 aromatic carbocycles. The molecule has 3 nitrogen and oxygen atoms in total. The summed E-state index contributed by atoms with van der Waals surface area (Å²) in [4.78, 5) is 10.4. The van der Waals surface area contributed by atoms with Gasteiger partial charge in [0.05, 0.1) is 10.0 Å². The predicted octanol–water partition coefficient (Wildman–Crippen LogP) is 1.98. The molecule has 1 aromatic rings. The average Bonchev–Trinajstić information content (AvgIpc) is 2.12. The topological polar surface area (TPSA) is 57.5 Å². The number of benzene rings is 1. The largest absolute Gasteiger partial charge is 0.479 e. The maximum absolute atomic E-state index is 10.4. The summed E-state index contributed by atoms with van der Waals surface area (Å²) in [5.74, 6) is -1.28. The van der Waals surface area contributed by atoms with Crippen LogP contribution in [0.15, 0.2) is 18.2 Å². The van der Waals surface area contributed by atoms with Crippen LogP contribution in [0.3, 0.4) is 0 Å². The molecule has 1 rings (SSSR count). The first kappa shape index (κ1) is 11.3. The van der Waals surface area contributed by atoms with Gasteiger partial charge in [0.1, 0.15) is 0 Å². The second-order valence-electron chi connectivity index (χ2n) is 2.77. The lowest BCUT2D eigenvalue weighted by molar-refractivity contribution is -0.146. The van der Waals surface area contributed by atoms with Gasteiger partial charge in [-0.15, -0.1) is 0 Å². The molecule has 0 radical (unpaired) electrons. The fourth-order valence-corrected chi connectivity index (χ4v) is 1.40. The van der Waals surface area contributed by atoms with Crippen LogP contribution in [0.2, 0.25) is 10.0 Å². The van der Waals surface area contributed by atoms with E-state index in [0.717, 1.165) is 0 Å². The summed E-state index contributed by atoms with van der Waals surface area (Å²) < 4.78 is 0. The Hall–Kier alpha value is -0.770. The normalized spacial score (nSPS) is 12.5. The van der Waals surface area contributed by atoms with Gasteiger partial charge < -0.3 is 10.2 Å². The number of rotatable bonds is 3. The SMILES string of the molecule is O=C(O)C(O)Cc1cccc(Cl)c1Cl. The maximum Gasteiger partial charge on any atom is 0.332 e. The zero-order valence-corrected chi connectivity index (χ0v) is 8.59. The fraction of sp³-hybridized carbons (Fsp3) is 0.222. The number of halogens is 2. The lowest BCUT2D eigenvalue weighted by atomic mass is 10.1. The van der Waals surface area contributed by atoms with Gasteiger partial charge in [-0.25, -0.2) is 4.79 Å². The minimum Gasteiger partial charge on any atom is -0.479 e. The molecule has 0 bridgehead atoms. The van der Waals surface area contributed by atoms with Gasteiger partial charge in [-0.2, -0.15) is 0 Å². The van der Waals surface area contributed by atoms with Crippen molar-refractivity contribution in [1.82, 2.24) is 0 Å². The summed E-state index contributed by atoms with van der Waals surface area (Å²) in [7, 11) is 0. The van der Waals surface area contributed by atoms with Gasteiger partial charge in [0.2, 0.25) is 0 Å². The standard InChI is InChI=1S/C9H8Cl2O3/c10-6-3-1-2-5(8(6)11)4-7(12)9(13)14/h1-3,7,12H,4H2,(H,13,14). The molecule has 76 valence electrons. The van der Waals surface area contributed by atoms with E-state index in [1.165, 1.54) is 0 Å². The Morgan fingerprint density at radius 2 is 2.07 bits per heavy atom. The molecule has 0 fully saturated rings. The molecule has 0 aromatic heterocycles. The molecule has 0 aliphatic rings. The van der Waals surface area contributed by atoms with Crippen LogP contribution in [0.5, 0.6) is 0 Å². The van der Waals surface area contributed by atoms with Gasteiger partial charge in [0.25, 0.3) is 0 Å². The molecule has 0 saturated heterocycles. The van der Waals surface area contributed by atoms with Gasteiger partial charge in [-0.1, -0.05) is 35.3 Å². The van der Waals surface area contributed by atoms with E-state index in [9.17, 15) is 4.79 Å². The number of carbonyl (C=O) groups is 1. The van der Waals surface area contributed by atoms with Gasteiger partial charge in [-0.3, -0.25) is 0 Å². The Bertz CT molecular complexity index is 352. The van der Waals surface area contributed by atoms with E-state index >= 15 is 0 Å². The second-order valence-corrected chi connectivity index (χ2v) is 3.56. The maximum atomic E-state index is 10.4. The molecule has 0 aliphatic carbocycles. The number of aliphatic hydroxyl groups excluding tert-OH is 1. The lowest BCUT2D eigenvalue weighted by Crippen LogP contribution is -2.22. The third-order valence-electron chi connectivity index (χ3n) is 1.73. The predicted molar refractivity (Wildman–Crippen MR) is 53.8 cm³/mol. The molecule has 0 heterocycles. The Morgan fingerprint density at radius 3 is 2.64 bits per heavy atom. The van der Waals surface area contributed by atoms with Crippen LogP contribution in [0.1, 0.15) is 5.56 Å². The average molecular weight is 235 g/mol. The first-order valence-electron chi connectivity index (χ1n) is 3.86. The van der Waals surface area contributed by atoms with Crippen molar-refractivity contribution in [1.29, 1.82) is 0 Å². The number of hydrogen-bond donors (Lipinski definition) is 2. The third kappa shape index (κ3) is 2.61. The number of hydrogen-bond acceptors (Lipinski definition) is 2. The minimum atomic E-state index is -1.45. The van der Waals surface area contributed by atoms with Crippen LogP contribution in [0, 0.1) is 0 Å².